The van der Waals surface area contributed by atoms with Crippen LogP contribution in [-0.4, -0.2) is 19.6 Å². The summed E-state index contributed by atoms with van der Waals surface area (Å²) in [6, 6.07) is 9.41. The third kappa shape index (κ3) is 3.07. The van der Waals surface area contributed by atoms with Crippen molar-refractivity contribution in [1.29, 1.82) is 0 Å². The minimum atomic E-state index is -0.332. The lowest BCUT2D eigenvalue weighted by molar-refractivity contribution is -0.143. The Morgan fingerprint density at radius 2 is 2.12 bits per heavy atom. The molecule has 1 aliphatic carbocycles. The molecule has 1 atom stereocenters. The Balaban J connectivity index is 1.99. The number of rotatable bonds is 5. The second kappa shape index (κ2) is 5.82. The van der Waals surface area contributed by atoms with Gasteiger partial charge in [-0.15, -0.1) is 0 Å². The predicted molar refractivity (Wildman–Crippen MR) is 66.5 cm³/mol. The zero-order chi connectivity index (χ0) is 12.1. The van der Waals surface area contributed by atoms with Crippen LogP contribution in [0.3, 0.4) is 0 Å². The zero-order valence-electron chi connectivity index (χ0n) is 10.2. The normalized spacial score (nSPS) is 17.2. The number of hydrogen-bond donors (Lipinski definition) is 1. The first kappa shape index (κ1) is 12.1. The molecule has 1 aromatic rings. The molecule has 1 saturated carbocycles. The minimum absolute atomic E-state index is 0.212. The summed E-state index contributed by atoms with van der Waals surface area (Å²) in [5.74, 6) is 0.515. The molecular weight excluding hydrogens is 214 g/mol. The Labute approximate surface area is 102 Å². The molecule has 2 rings (SSSR count). The maximum atomic E-state index is 11.7. The summed E-state index contributed by atoms with van der Waals surface area (Å²) >= 11 is 0. The first-order valence-corrected chi connectivity index (χ1v) is 6.17. The number of carbonyl (C=O) groups is 1. The van der Waals surface area contributed by atoms with Gasteiger partial charge in [0, 0.05) is 0 Å². The van der Waals surface area contributed by atoms with E-state index in [1.807, 2.05) is 30.3 Å². The average molecular weight is 233 g/mol. The van der Waals surface area contributed by atoms with Crippen molar-refractivity contribution in [1.82, 2.24) is 5.32 Å². The van der Waals surface area contributed by atoms with Crippen molar-refractivity contribution >= 4 is 5.97 Å². The lowest BCUT2D eigenvalue weighted by atomic mass is 9.85. The summed E-state index contributed by atoms with van der Waals surface area (Å²) < 4.78 is 4.85. The standard InChI is InChI=1S/C14H19NO2/c1-17-14(16)13(12-8-3-2-4-9-12)15-10-11-6-5-7-11/h2-4,8-9,11,13,15H,5-7,10H2,1H3. The molecule has 3 nitrogen and oxygen atoms in total. The van der Waals surface area contributed by atoms with E-state index in [2.05, 4.69) is 5.32 Å². The summed E-state index contributed by atoms with van der Waals surface area (Å²) in [5, 5.41) is 3.31. The van der Waals surface area contributed by atoms with Gasteiger partial charge >= 0.3 is 5.97 Å². The summed E-state index contributed by atoms with van der Waals surface area (Å²) in [4.78, 5) is 11.7. The van der Waals surface area contributed by atoms with E-state index in [0.717, 1.165) is 18.0 Å². The number of carbonyl (C=O) groups excluding carboxylic acids is 1. The number of esters is 1. The molecule has 1 unspecified atom stereocenters. The van der Waals surface area contributed by atoms with Gasteiger partial charge < -0.3 is 10.1 Å². The van der Waals surface area contributed by atoms with Gasteiger partial charge in [-0.05, 0) is 30.9 Å². The number of methoxy groups -OCH3 is 1. The van der Waals surface area contributed by atoms with Crippen molar-refractivity contribution in [3.05, 3.63) is 35.9 Å². The van der Waals surface area contributed by atoms with Crippen molar-refractivity contribution in [2.75, 3.05) is 13.7 Å². The SMILES string of the molecule is COC(=O)C(NCC1CCC1)c1ccccc1. The molecule has 17 heavy (non-hydrogen) atoms. The first-order valence-electron chi connectivity index (χ1n) is 6.17. The fourth-order valence-corrected chi connectivity index (χ4v) is 2.08. The van der Waals surface area contributed by atoms with Crippen LogP contribution in [0, 0.1) is 5.92 Å². The molecule has 1 aliphatic rings. The summed E-state index contributed by atoms with van der Waals surface area (Å²) in [5.41, 5.74) is 0.971. The molecule has 0 saturated heterocycles. The number of benzene rings is 1. The third-order valence-corrected chi connectivity index (χ3v) is 3.41. The van der Waals surface area contributed by atoms with Crippen LogP contribution in [0.15, 0.2) is 30.3 Å². The van der Waals surface area contributed by atoms with E-state index in [1.165, 1.54) is 26.4 Å². The van der Waals surface area contributed by atoms with Gasteiger partial charge in [-0.25, -0.2) is 4.79 Å². The maximum Gasteiger partial charge on any atom is 0.327 e. The molecule has 0 aromatic heterocycles. The quantitative estimate of drug-likeness (QED) is 0.793. The Hall–Kier alpha value is -1.35. The van der Waals surface area contributed by atoms with Gasteiger partial charge in [0.15, 0.2) is 0 Å². The highest BCUT2D eigenvalue weighted by atomic mass is 16.5. The third-order valence-electron chi connectivity index (χ3n) is 3.41. The van der Waals surface area contributed by atoms with E-state index < -0.39 is 0 Å². The molecule has 0 radical (unpaired) electrons. The molecule has 92 valence electrons. The van der Waals surface area contributed by atoms with E-state index in [9.17, 15) is 4.79 Å². The van der Waals surface area contributed by atoms with Crippen LogP contribution >= 0.6 is 0 Å². The molecule has 3 heteroatoms. The molecule has 0 bridgehead atoms. The smallest absolute Gasteiger partial charge is 0.327 e. The highest BCUT2D eigenvalue weighted by Gasteiger charge is 2.24. The zero-order valence-corrected chi connectivity index (χ0v) is 10.2. The highest BCUT2D eigenvalue weighted by Crippen LogP contribution is 2.26. The van der Waals surface area contributed by atoms with Gasteiger partial charge in [-0.1, -0.05) is 36.8 Å². The van der Waals surface area contributed by atoms with E-state index in [4.69, 9.17) is 4.74 Å². The summed E-state index contributed by atoms with van der Waals surface area (Å²) in [7, 11) is 1.43. The molecule has 0 aliphatic heterocycles. The Morgan fingerprint density at radius 3 is 2.65 bits per heavy atom. The number of ether oxygens (including phenoxy) is 1. The summed E-state index contributed by atoms with van der Waals surface area (Å²) in [6.45, 7) is 0.897. The van der Waals surface area contributed by atoms with E-state index in [0.29, 0.717) is 0 Å². The van der Waals surface area contributed by atoms with Crippen LogP contribution < -0.4 is 5.32 Å². The van der Waals surface area contributed by atoms with Crippen LogP contribution in [0.25, 0.3) is 0 Å². The van der Waals surface area contributed by atoms with Crippen molar-refractivity contribution in [3.63, 3.8) is 0 Å². The number of nitrogens with one attached hydrogen (secondary N) is 1. The number of hydrogen-bond acceptors (Lipinski definition) is 3. The molecule has 1 fully saturated rings. The van der Waals surface area contributed by atoms with E-state index >= 15 is 0 Å². The van der Waals surface area contributed by atoms with Gasteiger partial charge in [-0.2, -0.15) is 0 Å². The monoisotopic (exact) mass is 233 g/mol. The average Bonchev–Trinajstić information content (AvgIpc) is 2.32. The van der Waals surface area contributed by atoms with Crippen LogP contribution in [-0.2, 0) is 9.53 Å². The lowest BCUT2D eigenvalue weighted by Gasteiger charge is -2.27. The van der Waals surface area contributed by atoms with Crippen LogP contribution in [0.2, 0.25) is 0 Å². The minimum Gasteiger partial charge on any atom is -0.468 e. The van der Waals surface area contributed by atoms with Gasteiger partial charge in [0.05, 0.1) is 7.11 Å². The van der Waals surface area contributed by atoms with E-state index in [1.54, 1.807) is 0 Å². The predicted octanol–water partition coefficient (Wildman–Crippen LogP) is 2.29. The van der Waals surface area contributed by atoms with Crippen LogP contribution in [0.1, 0.15) is 30.9 Å². The molecular formula is C14H19NO2. The van der Waals surface area contributed by atoms with Crippen molar-refractivity contribution in [2.45, 2.75) is 25.3 Å². The molecule has 0 spiro atoms. The Morgan fingerprint density at radius 1 is 1.41 bits per heavy atom. The topological polar surface area (TPSA) is 38.3 Å². The van der Waals surface area contributed by atoms with Gasteiger partial charge in [0.1, 0.15) is 6.04 Å². The Kier molecular flexibility index (Phi) is 4.15. The lowest BCUT2D eigenvalue weighted by Crippen LogP contribution is -2.35. The van der Waals surface area contributed by atoms with Crippen LogP contribution in [0.4, 0.5) is 0 Å². The van der Waals surface area contributed by atoms with Gasteiger partial charge in [0.25, 0.3) is 0 Å². The molecule has 1 aromatic carbocycles. The second-order valence-electron chi connectivity index (χ2n) is 4.57. The van der Waals surface area contributed by atoms with E-state index in [-0.39, 0.29) is 12.0 Å². The second-order valence-corrected chi connectivity index (χ2v) is 4.57. The summed E-state index contributed by atoms with van der Waals surface area (Å²) in [6.07, 6.45) is 3.87. The largest absolute Gasteiger partial charge is 0.468 e. The van der Waals surface area contributed by atoms with Gasteiger partial charge in [-0.3, -0.25) is 0 Å². The van der Waals surface area contributed by atoms with Crippen molar-refractivity contribution < 1.29 is 9.53 Å². The molecule has 1 N–H and O–H groups in total. The van der Waals surface area contributed by atoms with Crippen molar-refractivity contribution in [2.24, 2.45) is 5.92 Å². The fraction of sp³-hybridized carbons (Fsp3) is 0.500. The first-order chi connectivity index (χ1) is 8.31. The van der Waals surface area contributed by atoms with Gasteiger partial charge in [0.2, 0.25) is 0 Å². The van der Waals surface area contributed by atoms with Crippen LogP contribution in [0.5, 0.6) is 0 Å². The Bertz CT molecular complexity index is 360. The maximum absolute atomic E-state index is 11.7. The molecule has 0 amide bonds. The highest BCUT2D eigenvalue weighted by molar-refractivity contribution is 5.77. The fourth-order valence-electron chi connectivity index (χ4n) is 2.08. The molecule has 0 heterocycles. The van der Waals surface area contributed by atoms with Crippen molar-refractivity contribution in [3.8, 4) is 0 Å².